The van der Waals surface area contributed by atoms with Crippen LogP contribution >= 0.6 is 0 Å². The summed E-state index contributed by atoms with van der Waals surface area (Å²) in [5, 5.41) is 18.8. The number of piperidine rings is 1. The Morgan fingerprint density at radius 3 is 2.17 bits per heavy atom. The average Bonchev–Trinajstić information content (AvgIpc) is 2.56. The van der Waals surface area contributed by atoms with Crippen LogP contribution < -0.4 is 0 Å². The Kier molecular flexibility index (Phi) is 6.81. The monoisotopic (exact) mass is 339 g/mol. The van der Waals surface area contributed by atoms with E-state index in [0.717, 1.165) is 64.6 Å². The van der Waals surface area contributed by atoms with E-state index in [1.54, 1.807) is 13.8 Å². The molecule has 138 valence electrons. The van der Waals surface area contributed by atoms with Crippen LogP contribution in [0.25, 0.3) is 0 Å². The van der Waals surface area contributed by atoms with Crippen molar-refractivity contribution in [2.45, 2.75) is 71.3 Å². The molecule has 1 aliphatic carbocycles. The Balaban J connectivity index is 1.67. The van der Waals surface area contributed by atoms with Crippen LogP contribution in [0.15, 0.2) is 0 Å². The van der Waals surface area contributed by atoms with Gasteiger partial charge in [-0.3, -0.25) is 9.59 Å². The van der Waals surface area contributed by atoms with Gasteiger partial charge in [-0.1, -0.05) is 0 Å². The molecule has 2 N–H and O–H groups in total. The van der Waals surface area contributed by atoms with Crippen molar-refractivity contribution in [1.29, 1.82) is 0 Å². The summed E-state index contributed by atoms with van der Waals surface area (Å²) >= 11 is 0. The second kappa shape index (κ2) is 8.43. The first-order chi connectivity index (χ1) is 11.3. The standard InChI is InChI=1S/C19H33NO4/c1-19(2,18(23)24)15-7-5-14(6-8-15)17(22)4-3-11-20-12-9-16(21)10-13-20/h14-16,21H,3-13H2,1-2H3,(H,23,24). The normalized spacial score (nSPS) is 27.1. The number of likely N-dealkylation sites (tertiary alicyclic amines) is 1. The number of hydrogen-bond acceptors (Lipinski definition) is 4. The van der Waals surface area contributed by atoms with Crippen molar-refractivity contribution in [3.8, 4) is 0 Å². The number of hydrogen-bond donors (Lipinski definition) is 2. The molecule has 0 aromatic heterocycles. The molecule has 5 nitrogen and oxygen atoms in total. The minimum atomic E-state index is -0.732. The van der Waals surface area contributed by atoms with Gasteiger partial charge in [0.25, 0.3) is 0 Å². The third-order valence-corrected chi connectivity index (χ3v) is 6.21. The number of aliphatic hydroxyl groups is 1. The number of nitrogens with zero attached hydrogens (tertiary/aromatic N) is 1. The highest BCUT2D eigenvalue weighted by Crippen LogP contribution is 2.40. The molecule has 0 bridgehead atoms. The van der Waals surface area contributed by atoms with E-state index in [-0.39, 0.29) is 17.9 Å². The highest BCUT2D eigenvalue weighted by molar-refractivity contribution is 5.81. The second-order valence-electron chi connectivity index (χ2n) is 8.22. The Bertz CT molecular complexity index is 433. The highest BCUT2D eigenvalue weighted by Gasteiger charge is 2.39. The summed E-state index contributed by atoms with van der Waals surface area (Å²) in [7, 11) is 0. The van der Waals surface area contributed by atoms with Gasteiger partial charge in [-0.2, -0.15) is 0 Å². The molecule has 0 unspecified atom stereocenters. The van der Waals surface area contributed by atoms with Crippen LogP contribution in [0.1, 0.15) is 65.2 Å². The van der Waals surface area contributed by atoms with Gasteiger partial charge < -0.3 is 15.1 Å². The van der Waals surface area contributed by atoms with E-state index in [0.29, 0.717) is 12.2 Å². The van der Waals surface area contributed by atoms with E-state index in [9.17, 15) is 19.8 Å². The zero-order chi connectivity index (χ0) is 17.7. The number of carbonyl (C=O) groups excluding carboxylic acids is 1. The quantitative estimate of drug-likeness (QED) is 0.746. The number of carboxylic acids is 1. The molecule has 1 aliphatic heterocycles. The number of aliphatic hydroxyl groups excluding tert-OH is 1. The van der Waals surface area contributed by atoms with Gasteiger partial charge in [0.2, 0.25) is 0 Å². The molecule has 2 rings (SSSR count). The zero-order valence-electron chi connectivity index (χ0n) is 15.2. The number of carboxylic acid groups (broad SMARTS) is 1. The number of rotatable bonds is 7. The number of aliphatic carboxylic acids is 1. The van der Waals surface area contributed by atoms with Gasteiger partial charge in [-0.25, -0.2) is 0 Å². The van der Waals surface area contributed by atoms with Crippen molar-refractivity contribution in [1.82, 2.24) is 4.90 Å². The molecule has 0 amide bonds. The fourth-order valence-corrected chi connectivity index (χ4v) is 4.14. The maximum Gasteiger partial charge on any atom is 0.309 e. The minimum Gasteiger partial charge on any atom is -0.481 e. The van der Waals surface area contributed by atoms with E-state index >= 15 is 0 Å². The lowest BCUT2D eigenvalue weighted by Crippen LogP contribution is -2.37. The van der Waals surface area contributed by atoms with Gasteiger partial charge in [0.1, 0.15) is 5.78 Å². The van der Waals surface area contributed by atoms with Crippen LogP contribution in [-0.2, 0) is 9.59 Å². The fourth-order valence-electron chi connectivity index (χ4n) is 4.14. The molecule has 1 heterocycles. The summed E-state index contributed by atoms with van der Waals surface area (Å²) in [4.78, 5) is 26.1. The summed E-state index contributed by atoms with van der Waals surface area (Å²) in [5.74, 6) is -0.0598. The number of carbonyl (C=O) groups is 2. The predicted molar refractivity (Wildman–Crippen MR) is 92.8 cm³/mol. The number of Topliss-reactive ketones (excluding diaryl/α,β-unsaturated/α-hetero) is 1. The van der Waals surface area contributed by atoms with Crippen LogP contribution in [0.5, 0.6) is 0 Å². The van der Waals surface area contributed by atoms with Gasteiger partial charge in [0.15, 0.2) is 0 Å². The lowest BCUT2D eigenvalue weighted by Gasteiger charge is -2.36. The molecule has 1 saturated heterocycles. The summed E-state index contributed by atoms with van der Waals surface area (Å²) < 4.78 is 0. The highest BCUT2D eigenvalue weighted by atomic mass is 16.4. The second-order valence-corrected chi connectivity index (χ2v) is 8.22. The van der Waals surface area contributed by atoms with Crippen LogP contribution in [0.4, 0.5) is 0 Å². The van der Waals surface area contributed by atoms with Crippen LogP contribution in [-0.4, -0.2) is 52.6 Å². The third-order valence-electron chi connectivity index (χ3n) is 6.21. The molecule has 0 aromatic carbocycles. The first-order valence-corrected chi connectivity index (χ1v) is 9.47. The molecule has 24 heavy (non-hydrogen) atoms. The first-order valence-electron chi connectivity index (χ1n) is 9.47. The van der Waals surface area contributed by atoms with Crippen molar-refractivity contribution >= 4 is 11.8 Å². The average molecular weight is 339 g/mol. The van der Waals surface area contributed by atoms with E-state index in [1.807, 2.05) is 0 Å². The van der Waals surface area contributed by atoms with Gasteiger partial charge in [-0.05, 0) is 71.3 Å². The summed E-state index contributed by atoms with van der Waals surface area (Å²) in [6.45, 7) is 6.42. The molecule has 2 aliphatic rings. The Morgan fingerprint density at radius 1 is 1.04 bits per heavy atom. The van der Waals surface area contributed by atoms with Crippen molar-refractivity contribution in [3.05, 3.63) is 0 Å². The minimum absolute atomic E-state index is 0.133. The van der Waals surface area contributed by atoms with Crippen molar-refractivity contribution in [2.75, 3.05) is 19.6 Å². The largest absolute Gasteiger partial charge is 0.481 e. The Labute approximate surface area is 145 Å². The van der Waals surface area contributed by atoms with Crippen molar-refractivity contribution < 1.29 is 19.8 Å². The number of ketones is 1. The molecular formula is C19H33NO4. The molecule has 0 atom stereocenters. The maximum absolute atomic E-state index is 12.4. The summed E-state index contributed by atoms with van der Waals surface area (Å²) in [6, 6.07) is 0. The van der Waals surface area contributed by atoms with E-state index < -0.39 is 11.4 Å². The fraction of sp³-hybridized carbons (Fsp3) is 0.895. The maximum atomic E-state index is 12.4. The first kappa shape index (κ1) is 19.4. The topological polar surface area (TPSA) is 77.8 Å². The van der Waals surface area contributed by atoms with E-state index in [2.05, 4.69) is 4.90 Å². The Hall–Kier alpha value is -0.940. The van der Waals surface area contributed by atoms with Crippen LogP contribution in [0.3, 0.4) is 0 Å². The van der Waals surface area contributed by atoms with E-state index in [1.165, 1.54) is 0 Å². The zero-order valence-corrected chi connectivity index (χ0v) is 15.2. The van der Waals surface area contributed by atoms with Gasteiger partial charge in [0.05, 0.1) is 11.5 Å². The molecule has 1 saturated carbocycles. The van der Waals surface area contributed by atoms with E-state index in [4.69, 9.17) is 0 Å². The van der Waals surface area contributed by atoms with Gasteiger partial charge in [-0.15, -0.1) is 0 Å². The molecular weight excluding hydrogens is 306 g/mol. The molecule has 0 aromatic rings. The lowest BCUT2D eigenvalue weighted by atomic mass is 9.68. The SMILES string of the molecule is CC(C)(C(=O)O)C1CCC(C(=O)CCCN2CCC(O)CC2)CC1. The lowest BCUT2D eigenvalue weighted by molar-refractivity contribution is -0.151. The van der Waals surface area contributed by atoms with Gasteiger partial charge >= 0.3 is 5.97 Å². The smallest absolute Gasteiger partial charge is 0.309 e. The predicted octanol–water partition coefficient (Wildman–Crippen LogP) is 2.71. The summed E-state index contributed by atoms with van der Waals surface area (Å²) in [6.07, 6.45) is 6.46. The van der Waals surface area contributed by atoms with Crippen LogP contribution in [0, 0.1) is 17.3 Å². The third kappa shape index (κ3) is 5.03. The summed E-state index contributed by atoms with van der Waals surface area (Å²) in [5.41, 5.74) is -0.688. The van der Waals surface area contributed by atoms with Crippen molar-refractivity contribution in [2.24, 2.45) is 17.3 Å². The van der Waals surface area contributed by atoms with Gasteiger partial charge in [0, 0.05) is 25.4 Å². The molecule has 5 heteroatoms. The Morgan fingerprint density at radius 2 is 1.62 bits per heavy atom. The molecule has 0 spiro atoms. The van der Waals surface area contributed by atoms with Crippen molar-refractivity contribution in [3.63, 3.8) is 0 Å². The molecule has 0 radical (unpaired) electrons. The molecule has 2 fully saturated rings. The van der Waals surface area contributed by atoms with Crippen LogP contribution in [0.2, 0.25) is 0 Å².